The number of fused-ring (bicyclic) bond motifs is 11. The van der Waals surface area contributed by atoms with E-state index in [1.165, 1.54) is 107 Å². The molecule has 0 fully saturated rings. The maximum Gasteiger partial charge on any atom is 0.0440 e. The van der Waals surface area contributed by atoms with Crippen LogP contribution in [0.25, 0.3) is 107 Å². The van der Waals surface area contributed by atoms with E-state index in [1.807, 2.05) is 11.3 Å². The van der Waals surface area contributed by atoms with Crippen molar-refractivity contribution in [1.29, 1.82) is 0 Å². The molecule has 0 saturated heterocycles. The zero-order valence-electron chi connectivity index (χ0n) is 27.7. The van der Waals surface area contributed by atoms with Gasteiger partial charge in [0.25, 0.3) is 0 Å². The van der Waals surface area contributed by atoms with Crippen LogP contribution in [0.3, 0.4) is 0 Å². The van der Waals surface area contributed by atoms with Gasteiger partial charge in [-0.1, -0.05) is 170 Å². The molecule has 0 amide bonds. The maximum absolute atomic E-state index is 2.46. The average molecular weight is 663 g/mol. The second-order valence-electron chi connectivity index (χ2n) is 13.6. The third kappa shape index (κ3) is 4.26. The van der Waals surface area contributed by atoms with Gasteiger partial charge in [0, 0.05) is 25.6 Å². The Morgan fingerprint density at radius 2 is 0.863 bits per heavy atom. The summed E-state index contributed by atoms with van der Waals surface area (Å²) in [6, 6.07) is 67.3. The summed E-state index contributed by atoms with van der Waals surface area (Å²) in [6.07, 6.45) is 0. The van der Waals surface area contributed by atoms with E-state index >= 15 is 0 Å². The molecule has 0 saturated carbocycles. The lowest BCUT2D eigenvalue weighted by Gasteiger charge is -2.19. The monoisotopic (exact) mass is 662 g/mol. The van der Waals surface area contributed by atoms with Gasteiger partial charge in [0.05, 0.1) is 0 Å². The standard InChI is InChI=1S/C50H30S/c1-2-13-31(14-3-1)33-25-28-44-46(30-33)51-50-43-27-26-34(29-45(43)36-18-6-7-19-38(36)49(44)50)47-39-20-8-10-22-41(39)48(42-23-11-9-21-40(42)47)37-24-12-16-32-15-4-5-17-35(32)37/h1-30H. The molecule has 0 N–H and O–H groups in total. The Morgan fingerprint density at radius 3 is 1.61 bits per heavy atom. The van der Waals surface area contributed by atoms with Gasteiger partial charge in [-0.3, -0.25) is 0 Å². The minimum Gasteiger partial charge on any atom is -0.134 e. The Hall–Kier alpha value is -6.28. The molecule has 0 aliphatic rings. The Bertz CT molecular complexity index is 3120. The van der Waals surface area contributed by atoms with Crippen molar-refractivity contribution in [1.82, 2.24) is 0 Å². The molecule has 51 heavy (non-hydrogen) atoms. The van der Waals surface area contributed by atoms with Gasteiger partial charge in [0.15, 0.2) is 0 Å². The topological polar surface area (TPSA) is 0 Å². The number of rotatable bonds is 3. The first-order valence-corrected chi connectivity index (χ1v) is 18.4. The van der Waals surface area contributed by atoms with Crippen LogP contribution in [0.15, 0.2) is 182 Å². The van der Waals surface area contributed by atoms with Gasteiger partial charge in [0.2, 0.25) is 0 Å². The molecule has 0 aliphatic heterocycles. The van der Waals surface area contributed by atoms with E-state index in [2.05, 4.69) is 182 Å². The van der Waals surface area contributed by atoms with Crippen molar-refractivity contribution >= 4 is 85.4 Å². The van der Waals surface area contributed by atoms with Crippen molar-refractivity contribution in [2.45, 2.75) is 0 Å². The first-order chi connectivity index (χ1) is 25.3. The van der Waals surface area contributed by atoms with E-state index in [9.17, 15) is 0 Å². The smallest absolute Gasteiger partial charge is 0.0440 e. The quantitative estimate of drug-likeness (QED) is 0.130. The first kappa shape index (κ1) is 28.5. The van der Waals surface area contributed by atoms with Crippen LogP contribution in [0.2, 0.25) is 0 Å². The SMILES string of the molecule is c1ccc(-c2ccc3c(c2)sc2c4ccc(-c5c6ccccc6c(-c6cccc7ccccc67)c6ccccc56)cc4c4ccccc4c32)cc1. The Kier molecular flexibility index (Phi) is 6.22. The molecular weight excluding hydrogens is 633 g/mol. The lowest BCUT2D eigenvalue weighted by atomic mass is 9.84. The van der Waals surface area contributed by atoms with Crippen LogP contribution in [0.1, 0.15) is 0 Å². The van der Waals surface area contributed by atoms with Gasteiger partial charge < -0.3 is 0 Å². The summed E-state index contributed by atoms with van der Waals surface area (Å²) in [6.45, 7) is 0. The summed E-state index contributed by atoms with van der Waals surface area (Å²) in [7, 11) is 0. The number of hydrogen-bond donors (Lipinski definition) is 0. The van der Waals surface area contributed by atoms with E-state index < -0.39 is 0 Å². The van der Waals surface area contributed by atoms with E-state index in [0.29, 0.717) is 0 Å². The van der Waals surface area contributed by atoms with Crippen LogP contribution in [-0.4, -0.2) is 0 Å². The zero-order valence-corrected chi connectivity index (χ0v) is 28.5. The molecular formula is C50H30S. The molecule has 11 rings (SSSR count). The third-order valence-corrected chi connectivity index (χ3v) is 12.0. The molecule has 1 heteroatoms. The fourth-order valence-corrected chi connectivity index (χ4v) is 9.89. The van der Waals surface area contributed by atoms with Crippen molar-refractivity contribution in [2.24, 2.45) is 0 Å². The van der Waals surface area contributed by atoms with Crippen LogP contribution in [0, 0.1) is 0 Å². The predicted molar refractivity (Wildman–Crippen MR) is 223 cm³/mol. The molecule has 0 nitrogen and oxygen atoms in total. The molecule has 0 aliphatic carbocycles. The number of hydrogen-bond acceptors (Lipinski definition) is 1. The molecule has 0 atom stereocenters. The van der Waals surface area contributed by atoms with Crippen molar-refractivity contribution in [2.75, 3.05) is 0 Å². The van der Waals surface area contributed by atoms with Crippen molar-refractivity contribution in [3.63, 3.8) is 0 Å². The summed E-state index contributed by atoms with van der Waals surface area (Å²) in [5.41, 5.74) is 7.63. The lowest BCUT2D eigenvalue weighted by molar-refractivity contribution is 1.66. The van der Waals surface area contributed by atoms with Gasteiger partial charge >= 0.3 is 0 Å². The number of thiophene rings is 1. The van der Waals surface area contributed by atoms with Crippen LogP contribution in [0.5, 0.6) is 0 Å². The van der Waals surface area contributed by atoms with Gasteiger partial charge in [-0.05, 0) is 94.0 Å². The zero-order chi connectivity index (χ0) is 33.5. The van der Waals surface area contributed by atoms with Crippen molar-refractivity contribution in [3.05, 3.63) is 182 Å². The highest BCUT2D eigenvalue weighted by Gasteiger charge is 2.20. The van der Waals surface area contributed by atoms with Gasteiger partial charge in [0.1, 0.15) is 0 Å². The summed E-state index contributed by atoms with van der Waals surface area (Å²) in [5, 5.41) is 15.6. The van der Waals surface area contributed by atoms with E-state index in [4.69, 9.17) is 0 Å². The summed E-state index contributed by atoms with van der Waals surface area (Å²) >= 11 is 1.92. The fourth-order valence-electron chi connectivity index (χ4n) is 8.59. The minimum atomic E-state index is 1.25. The highest BCUT2D eigenvalue weighted by molar-refractivity contribution is 7.27. The highest BCUT2D eigenvalue weighted by atomic mass is 32.1. The number of benzene rings is 10. The van der Waals surface area contributed by atoms with Crippen LogP contribution >= 0.6 is 11.3 Å². The Labute approximate surface area is 299 Å². The molecule has 0 spiro atoms. The second kappa shape index (κ2) is 11.1. The highest BCUT2D eigenvalue weighted by Crippen LogP contribution is 2.48. The third-order valence-electron chi connectivity index (χ3n) is 10.8. The molecule has 0 radical (unpaired) electrons. The largest absolute Gasteiger partial charge is 0.134 e. The van der Waals surface area contributed by atoms with E-state index in [1.54, 1.807) is 0 Å². The van der Waals surface area contributed by atoms with Gasteiger partial charge in [-0.2, -0.15) is 0 Å². The molecule has 0 unspecified atom stereocenters. The maximum atomic E-state index is 2.46. The summed E-state index contributed by atoms with van der Waals surface area (Å²) in [5.74, 6) is 0. The predicted octanol–water partition coefficient (Wildman–Crippen LogP) is 14.8. The fraction of sp³-hybridized carbons (Fsp3) is 0. The molecule has 11 aromatic rings. The average Bonchev–Trinajstić information content (AvgIpc) is 3.59. The van der Waals surface area contributed by atoms with Gasteiger partial charge in [-0.25, -0.2) is 0 Å². The van der Waals surface area contributed by atoms with Crippen LogP contribution < -0.4 is 0 Å². The van der Waals surface area contributed by atoms with Crippen molar-refractivity contribution in [3.8, 4) is 33.4 Å². The first-order valence-electron chi connectivity index (χ1n) is 17.6. The second-order valence-corrected chi connectivity index (χ2v) is 14.6. The van der Waals surface area contributed by atoms with Gasteiger partial charge in [-0.15, -0.1) is 11.3 Å². The Balaban J connectivity index is 1.21. The molecule has 1 aromatic heterocycles. The van der Waals surface area contributed by atoms with E-state index in [0.717, 1.165) is 0 Å². The molecule has 10 aromatic carbocycles. The van der Waals surface area contributed by atoms with Crippen LogP contribution in [0.4, 0.5) is 0 Å². The molecule has 0 bridgehead atoms. The minimum absolute atomic E-state index is 1.25. The lowest BCUT2D eigenvalue weighted by Crippen LogP contribution is -1.92. The summed E-state index contributed by atoms with van der Waals surface area (Å²) < 4.78 is 2.69. The molecule has 1 heterocycles. The normalized spacial score (nSPS) is 11.9. The van der Waals surface area contributed by atoms with Crippen molar-refractivity contribution < 1.29 is 0 Å². The van der Waals surface area contributed by atoms with E-state index in [-0.39, 0.29) is 0 Å². The Morgan fingerprint density at radius 1 is 0.294 bits per heavy atom. The summed E-state index contributed by atoms with van der Waals surface area (Å²) in [4.78, 5) is 0. The van der Waals surface area contributed by atoms with Crippen LogP contribution in [-0.2, 0) is 0 Å². The molecule has 236 valence electrons.